The molecule has 31 heavy (non-hydrogen) atoms. The van der Waals surface area contributed by atoms with Gasteiger partial charge in [-0.3, -0.25) is 4.79 Å². The summed E-state index contributed by atoms with van der Waals surface area (Å²) in [5, 5.41) is 9.43. The summed E-state index contributed by atoms with van der Waals surface area (Å²) in [4.78, 5) is 24.8. The number of nitrogens with zero attached hydrogens (tertiary/aromatic N) is 2. The summed E-state index contributed by atoms with van der Waals surface area (Å²) in [6, 6.07) is 6.38. The number of aromatic nitrogens is 1. The summed E-state index contributed by atoms with van der Waals surface area (Å²) < 4.78 is 33.7. The first-order chi connectivity index (χ1) is 14.5. The largest absolute Gasteiger partial charge is 0.450 e. The van der Waals surface area contributed by atoms with Crippen LogP contribution >= 0.6 is 0 Å². The molecule has 0 saturated heterocycles. The summed E-state index contributed by atoms with van der Waals surface area (Å²) in [5.41, 5.74) is 2.26. The minimum absolute atomic E-state index is 0.129. The van der Waals surface area contributed by atoms with Crippen LogP contribution in [-0.2, 0) is 16.1 Å². The Morgan fingerprint density at radius 2 is 1.84 bits per heavy atom. The zero-order valence-corrected chi connectivity index (χ0v) is 18.3. The van der Waals surface area contributed by atoms with Gasteiger partial charge in [0.15, 0.2) is 17.7 Å². The van der Waals surface area contributed by atoms with E-state index in [1.807, 2.05) is 26.0 Å². The predicted octanol–water partition coefficient (Wildman–Crippen LogP) is 5.15. The Morgan fingerprint density at radius 3 is 2.42 bits per heavy atom. The fourth-order valence-electron chi connectivity index (χ4n) is 3.16. The van der Waals surface area contributed by atoms with E-state index < -0.39 is 29.5 Å². The lowest BCUT2D eigenvalue weighted by molar-refractivity contribution is -0.141. The van der Waals surface area contributed by atoms with Crippen molar-refractivity contribution in [3.05, 3.63) is 64.0 Å². The lowest BCUT2D eigenvalue weighted by atomic mass is 10.1. The molecule has 0 spiro atoms. The number of esters is 1. The van der Waals surface area contributed by atoms with Gasteiger partial charge < -0.3 is 9.30 Å². The second-order valence-corrected chi connectivity index (χ2v) is 7.87. The zero-order chi connectivity index (χ0) is 23.3. The second kappa shape index (κ2) is 10.2. The number of halogens is 2. The highest BCUT2D eigenvalue weighted by Crippen LogP contribution is 2.21. The molecule has 164 valence electrons. The second-order valence-electron chi connectivity index (χ2n) is 7.87. The molecule has 0 amide bonds. The third-order valence-electron chi connectivity index (χ3n) is 5.04. The van der Waals surface area contributed by atoms with E-state index in [-0.39, 0.29) is 11.1 Å². The number of rotatable bonds is 8. The van der Waals surface area contributed by atoms with Crippen LogP contribution in [0, 0.1) is 42.7 Å². The molecule has 0 aliphatic heterocycles. The number of aryl methyl sites for hydroxylation is 1. The molecule has 7 heteroatoms. The van der Waals surface area contributed by atoms with Crippen molar-refractivity contribution >= 4 is 17.8 Å². The van der Waals surface area contributed by atoms with Crippen LogP contribution in [0.4, 0.5) is 8.78 Å². The maximum absolute atomic E-state index is 13.4. The minimum atomic E-state index is -1.27. The van der Waals surface area contributed by atoms with Crippen LogP contribution in [0.15, 0.2) is 29.8 Å². The first kappa shape index (κ1) is 24.0. The predicted molar refractivity (Wildman–Crippen MR) is 113 cm³/mol. The van der Waals surface area contributed by atoms with Gasteiger partial charge in [0, 0.05) is 23.5 Å². The van der Waals surface area contributed by atoms with E-state index in [2.05, 4.69) is 18.4 Å². The number of benzene rings is 1. The quantitative estimate of drug-likeness (QED) is 0.252. The maximum Gasteiger partial charge on any atom is 0.349 e. The number of hydrogen-bond acceptors (Lipinski definition) is 4. The Kier molecular flexibility index (Phi) is 7.87. The van der Waals surface area contributed by atoms with Crippen LogP contribution in [0.25, 0.3) is 6.08 Å². The molecule has 2 aromatic rings. The van der Waals surface area contributed by atoms with Crippen molar-refractivity contribution < 1.29 is 23.1 Å². The molecular formula is C24H26F2N2O3. The smallest absolute Gasteiger partial charge is 0.349 e. The molecule has 0 aliphatic carbocycles. The van der Waals surface area contributed by atoms with Crippen LogP contribution in [0.1, 0.15) is 54.5 Å². The van der Waals surface area contributed by atoms with Crippen LogP contribution < -0.4 is 0 Å². The number of hydrogen-bond donors (Lipinski definition) is 0. The van der Waals surface area contributed by atoms with Gasteiger partial charge in [0.1, 0.15) is 11.6 Å². The summed E-state index contributed by atoms with van der Waals surface area (Å²) in [6.07, 6.45) is 1.16. The molecule has 0 fully saturated rings. The number of ketones is 1. The Balaban J connectivity index is 2.19. The SMILES string of the molecule is Cc1cc(/C=C(\C#N)C(=O)OC(C)C(=O)c2ccc(F)c(F)c2)c(C)n1CCC(C)C. The average Bonchev–Trinajstić information content (AvgIpc) is 2.98. The molecule has 1 unspecified atom stereocenters. The van der Waals surface area contributed by atoms with Gasteiger partial charge in [-0.05, 0) is 69.0 Å². The molecule has 0 N–H and O–H groups in total. The van der Waals surface area contributed by atoms with Crippen molar-refractivity contribution in [1.82, 2.24) is 4.57 Å². The lowest BCUT2D eigenvalue weighted by Crippen LogP contribution is -2.25. The molecule has 1 heterocycles. The van der Waals surface area contributed by atoms with Crippen LogP contribution in [0.2, 0.25) is 0 Å². The zero-order valence-electron chi connectivity index (χ0n) is 18.3. The average molecular weight is 428 g/mol. The molecule has 5 nitrogen and oxygen atoms in total. The molecule has 0 aliphatic rings. The van der Waals surface area contributed by atoms with Crippen molar-refractivity contribution in [2.45, 2.75) is 53.7 Å². The van der Waals surface area contributed by atoms with Gasteiger partial charge in [-0.25, -0.2) is 13.6 Å². The minimum Gasteiger partial charge on any atom is -0.450 e. The number of carbonyl (C=O) groups is 2. The molecule has 1 aromatic carbocycles. The Labute approximate surface area is 180 Å². The van der Waals surface area contributed by atoms with E-state index in [1.54, 1.807) is 0 Å². The van der Waals surface area contributed by atoms with Gasteiger partial charge in [-0.2, -0.15) is 5.26 Å². The number of Topliss-reactive ketones (excluding diaryl/α,β-unsaturated/α-hetero) is 1. The fourth-order valence-corrected chi connectivity index (χ4v) is 3.16. The van der Waals surface area contributed by atoms with Crippen LogP contribution in [0.3, 0.4) is 0 Å². The van der Waals surface area contributed by atoms with Crippen LogP contribution in [-0.4, -0.2) is 22.4 Å². The van der Waals surface area contributed by atoms with Crippen molar-refractivity contribution in [2.75, 3.05) is 0 Å². The first-order valence-electron chi connectivity index (χ1n) is 10.0. The van der Waals surface area contributed by atoms with Gasteiger partial charge in [0.05, 0.1) is 0 Å². The van der Waals surface area contributed by atoms with Crippen molar-refractivity contribution in [3.8, 4) is 6.07 Å². The summed E-state index contributed by atoms with van der Waals surface area (Å²) in [5.74, 6) is -3.37. The maximum atomic E-state index is 13.4. The summed E-state index contributed by atoms with van der Waals surface area (Å²) in [7, 11) is 0. The fraction of sp³-hybridized carbons (Fsp3) is 0.375. The third kappa shape index (κ3) is 5.88. The molecule has 1 aromatic heterocycles. The molecule has 0 saturated carbocycles. The summed E-state index contributed by atoms with van der Waals surface area (Å²) in [6.45, 7) is 10.3. The number of carbonyl (C=O) groups excluding carboxylic acids is 2. The van der Waals surface area contributed by atoms with Gasteiger partial charge >= 0.3 is 5.97 Å². The topological polar surface area (TPSA) is 72.1 Å². The van der Waals surface area contributed by atoms with Crippen molar-refractivity contribution in [1.29, 1.82) is 5.26 Å². The van der Waals surface area contributed by atoms with E-state index in [0.717, 1.165) is 42.6 Å². The van der Waals surface area contributed by atoms with Crippen molar-refractivity contribution in [2.24, 2.45) is 5.92 Å². The third-order valence-corrected chi connectivity index (χ3v) is 5.04. The number of ether oxygens (including phenoxy) is 1. The highest BCUT2D eigenvalue weighted by atomic mass is 19.2. The molecule has 2 rings (SSSR count). The van der Waals surface area contributed by atoms with Gasteiger partial charge in [0.2, 0.25) is 5.78 Å². The van der Waals surface area contributed by atoms with E-state index in [9.17, 15) is 23.6 Å². The molecular weight excluding hydrogens is 402 g/mol. The normalized spacial score (nSPS) is 12.5. The highest BCUT2D eigenvalue weighted by Gasteiger charge is 2.23. The first-order valence-corrected chi connectivity index (χ1v) is 10.0. The van der Waals surface area contributed by atoms with Gasteiger partial charge in [-0.1, -0.05) is 13.8 Å². The van der Waals surface area contributed by atoms with E-state index >= 15 is 0 Å². The lowest BCUT2D eigenvalue weighted by Gasteiger charge is -2.12. The van der Waals surface area contributed by atoms with E-state index in [0.29, 0.717) is 11.5 Å². The van der Waals surface area contributed by atoms with Crippen molar-refractivity contribution in [3.63, 3.8) is 0 Å². The summed E-state index contributed by atoms with van der Waals surface area (Å²) >= 11 is 0. The molecule has 0 radical (unpaired) electrons. The van der Waals surface area contributed by atoms with Gasteiger partial charge in [0.25, 0.3) is 0 Å². The Hall–Kier alpha value is -3.27. The Morgan fingerprint density at radius 1 is 1.16 bits per heavy atom. The Bertz CT molecular complexity index is 1060. The molecule has 0 bridgehead atoms. The standard InChI is InChI=1S/C24H26F2N2O3/c1-14(2)8-9-28-15(3)10-19(16(28)4)11-20(13-27)24(30)31-17(5)23(29)18-6-7-21(25)22(26)12-18/h6-7,10-12,14,17H,8-9H2,1-5H3/b20-11+. The monoisotopic (exact) mass is 428 g/mol. The van der Waals surface area contributed by atoms with Gasteiger partial charge in [-0.15, -0.1) is 0 Å². The van der Waals surface area contributed by atoms with E-state index in [1.165, 1.54) is 13.0 Å². The number of nitriles is 1. The highest BCUT2D eigenvalue weighted by molar-refractivity contribution is 6.03. The van der Waals surface area contributed by atoms with Crippen LogP contribution in [0.5, 0.6) is 0 Å². The molecule has 1 atom stereocenters. The van der Waals surface area contributed by atoms with E-state index in [4.69, 9.17) is 4.74 Å².